The Morgan fingerprint density at radius 2 is 2.24 bits per heavy atom. The van der Waals surface area contributed by atoms with Crippen molar-refractivity contribution in [2.75, 3.05) is 0 Å². The number of oxime groups is 1. The zero-order valence-electron chi connectivity index (χ0n) is 12.4. The van der Waals surface area contributed by atoms with E-state index in [1.807, 2.05) is 0 Å². The van der Waals surface area contributed by atoms with Crippen LogP contribution in [0.2, 0.25) is 0 Å². The normalized spacial score (nSPS) is 23.2. The number of benzene rings is 1. The lowest BCUT2D eigenvalue weighted by Crippen LogP contribution is -2.22. The summed E-state index contributed by atoms with van der Waals surface area (Å²) >= 11 is 0. The Balaban J connectivity index is 1.98. The van der Waals surface area contributed by atoms with E-state index >= 15 is 0 Å². The average Bonchev–Trinajstić information content (AvgIpc) is 2.51. The number of hydrogen-bond donors (Lipinski definition) is 2. The van der Waals surface area contributed by atoms with Crippen LogP contribution in [0, 0.1) is 11.7 Å². The highest BCUT2D eigenvalue weighted by Gasteiger charge is 2.21. The van der Waals surface area contributed by atoms with Crippen molar-refractivity contribution in [3.05, 3.63) is 35.1 Å². The molecule has 1 fully saturated rings. The molecule has 0 saturated heterocycles. The molecule has 0 spiro atoms. The van der Waals surface area contributed by atoms with E-state index in [0.717, 1.165) is 18.8 Å². The minimum Gasteiger partial charge on any atom is -0.409 e. The van der Waals surface area contributed by atoms with Crippen molar-refractivity contribution in [1.82, 2.24) is 0 Å². The second kappa shape index (κ2) is 7.41. The molecule has 3 N–H and O–H groups in total. The van der Waals surface area contributed by atoms with Crippen LogP contribution in [0.15, 0.2) is 23.4 Å². The maximum Gasteiger partial charge on any atom is 0.170 e. The summed E-state index contributed by atoms with van der Waals surface area (Å²) in [4.78, 5) is 0. The van der Waals surface area contributed by atoms with Gasteiger partial charge in [-0.2, -0.15) is 0 Å². The first-order valence-electron chi connectivity index (χ1n) is 7.51. The first-order chi connectivity index (χ1) is 10.1. The molecular formula is C16H23FN2O2. The lowest BCUT2D eigenvalue weighted by Gasteiger charge is -2.28. The van der Waals surface area contributed by atoms with Crippen molar-refractivity contribution in [2.24, 2.45) is 16.8 Å². The molecule has 1 aromatic carbocycles. The quantitative estimate of drug-likeness (QED) is 0.378. The third kappa shape index (κ3) is 4.43. The van der Waals surface area contributed by atoms with Crippen molar-refractivity contribution < 1.29 is 14.3 Å². The largest absolute Gasteiger partial charge is 0.409 e. The maximum absolute atomic E-state index is 13.6. The summed E-state index contributed by atoms with van der Waals surface area (Å²) in [5, 5.41) is 11.6. The Hall–Kier alpha value is -1.62. The van der Waals surface area contributed by atoms with Crippen LogP contribution in [0.1, 0.15) is 50.2 Å². The van der Waals surface area contributed by atoms with Crippen LogP contribution in [-0.2, 0) is 11.3 Å². The molecule has 4 nitrogen and oxygen atoms in total. The monoisotopic (exact) mass is 294 g/mol. The van der Waals surface area contributed by atoms with Crippen molar-refractivity contribution in [3.63, 3.8) is 0 Å². The fourth-order valence-corrected chi connectivity index (χ4v) is 2.92. The Morgan fingerprint density at radius 1 is 1.43 bits per heavy atom. The minimum absolute atomic E-state index is 0.0977. The summed E-state index contributed by atoms with van der Waals surface area (Å²) in [5.74, 6) is 0.233. The van der Waals surface area contributed by atoms with Crippen LogP contribution in [-0.4, -0.2) is 17.1 Å². The molecule has 0 amide bonds. The molecule has 1 aromatic rings. The van der Waals surface area contributed by atoms with Gasteiger partial charge >= 0.3 is 0 Å². The summed E-state index contributed by atoms with van der Waals surface area (Å²) < 4.78 is 19.5. The van der Waals surface area contributed by atoms with E-state index in [9.17, 15) is 4.39 Å². The molecule has 2 unspecified atom stereocenters. The van der Waals surface area contributed by atoms with Gasteiger partial charge in [-0.25, -0.2) is 4.39 Å². The van der Waals surface area contributed by atoms with Gasteiger partial charge in [-0.05, 0) is 42.5 Å². The van der Waals surface area contributed by atoms with Crippen LogP contribution in [0.4, 0.5) is 4.39 Å². The summed E-state index contributed by atoms with van der Waals surface area (Å²) in [6.07, 6.45) is 6.07. The fourth-order valence-electron chi connectivity index (χ4n) is 2.92. The summed E-state index contributed by atoms with van der Waals surface area (Å²) in [6.45, 7) is 2.56. The van der Waals surface area contributed by atoms with E-state index in [1.54, 1.807) is 6.07 Å². The Bertz CT molecular complexity index is 505. The van der Waals surface area contributed by atoms with E-state index in [1.165, 1.54) is 31.4 Å². The van der Waals surface area contributed by atoms with Gasteiger partial charge in [0.05, 0.1) is 12.7 Å². The second-order valence-electron chi connectivity index (χ2n) is 5.71. The van der Waals surface area contributed by atoms with Gasteiger partial charge in [0, 0.05) is 5.56 Å². The van der Waals surface area contributed by atoms with Gasteiger partial charge < -0.3 is 15.7 Å². The number of nitrogens with zero attached hydrogens (tertiary/aromatic N) is 1. The predicted octanol–water partition coefficient (Wildman–Crippen LogP) is 3.41. The predicted molar refractivity (Wildman–Crippen MR) is 79.7 cm³/mol. The average molecular weight is 294 g/mol. The minimum atomic E-state index is -0.409. The van der Waals surface area contributed by atoms with Gasteiger partial charge in [0.25, 0.3) is 0 Å². The highest BCUT2D eigenvalue weighted by Crippen LogP contribution is 2.29. The topological polar surface area (TPSA) is 67.8 Å². The first-order valence-corrected chi connectivity index (χ1v) is 7.51. The van der Waals surface area contributed by atoms with E-state index in [0.29, 0.717) is 17.7 Å². The van der Waals surface area contributed by atoms with Crippen molar-refractivity contribution in [2.45, 2.75) is 51.7 Å². The van der Waals surface area contributed by atoms with Gasteiger partial charge in [0.15, 0.2) is 5.84 Å². The van der Waals surface area contributed by atoms with Crippen LogP contribution >= 0.6 is 0 Å². The van der Waals surface area contributed by atoms with Crippen molar-refractivity contribution >= 4 is 5.84 Å². The van der Waals surface area contributed by atoms with Crippen LogP contribution in [0.25, 0.3) is 0 Å². The summed E-state index contributed by atoms with van der Waals surface area (Å²) in [6, 6.07) is 4.36. The molecular weight excluding hydrogens is 271 g/mol. The fraction of sp³-hybridized carbons (Fsp3) is 0.562. The van der Waals surface area contributed by atoms with Crippen LogP contribution in [0.3, 0.4) is 0 Å². The van der Waals surface area contributed by atoms with E-state index in [4.69, 9.17) is 15.7 Å². The second-order valence-corrected chi connectivity index (χ2v) is 5.71. The number of nitrogens with two attached hydrogens (primary N) is 1. The molecule has 0 radical (unpaired) electrons. The zero-order valence-corrected chi connectivity index (χ0v) is 12.4. The Morgan fingerprint density at radius 3 is 2.95 bits per heavy atom. The zero-order chi connectivity index (χ0) is 15.2. The molecule has 1 aliphatic rings. The lowest BCUT2D eigenvalue weighted by atomic mass is 9.85. The summed E-state index contributed by atoms with van der Waals surface area (Å²) in [7, 11) is 0. The number of rotatable bonds is 5. The SMILES string of the molecule is CCC1CCCC(OCc2cc(F)cc(/C(N)=N/O)c2)C1. The van der Waals surface area contributed by atoms with Crippen molar-refractivity contribution in [3.8, 4) is 0 Å². The molecule has 0 aromatic heterocycles. The number of amidine groups is 1. The number of ether oxygens (including phenoxy) is 1. The molecule has 0 heterocycles. The van der Waals surface area contributed by atoms with E-state index in [-0.39, 0.29) is 11.9 Å². The van der Waals surface area contributed by atoms with Crippen LogP contribution in [0.5, 0.6) is 0 Å². The van der Waals surface area contributed by atoms with E-state index < -0.39 is 5.82 Å². The maximum atomic E-state index is 13.6. The van der Waals surface area contributed by atoms with Gasteiger partial charge in [-0.15, -0.1) is 0 Å². The summed E-state index contributed by atoms with van der Waals surface area (Å²) in [5.41, 5.74) is 6.57. The Labute approximate surface area is 124 Å². The molecule has 116 valence electrons. The van der Waals surface area contributed by atoms with Crippen molar-refractivity contribution in [1.29, 1.82) is 0 Å². The van der Waals surface area contributed by atoms with E-state index in [2.05, 4.69) is 12.1 Å². The molecule has 2 rings (SSSR count). The third-order valence-corrected chi connectivity index (χ3v) is 4.16. The lowest BCUT2D eigenvalue weighted by molar-refractivity contribution is 0.00167. The van der Waals surface area contributed by atoms with Gasteiger partial charge in [0.2, 0.25) is 0 Å². The molecule has 0 aliphatic heterocycles. The molecule has 1 aliphatic carbocycles. The molecule has 1 saturated carbocycles. The highest BCUT2D eigenvalue weighted by atomic mass is 19.1. The third-order valence-electron chi connectivity index (χ3n) is 4.16. The first kappa shape index (κ1) is 15.8. The molecule has 21 heavy (non-hydrogen) atoms. The van der Waals surface area contributed by atoms with Gasteiger partial charge in [-0.1, -0.05) is 31.3 Å². The molecule has 5 heteroatoms. The smallest absolute Gasteiger partial charge is 0.170 e. The Kier molecular flexibility index (Phi) is 5.56. The van der Waals surface area contributed by atoms with Gasteiger partial charge in [0.1, 0.15) is 5.82 Å². The number of hydrogen-bond acceptors (Lipinski definition) is 3. The standard InChI is InChI=1S/C16H23FN2O2/c1-2-11-4-3-5-15(8-11)21-10-12-6-13(16(18)19-20)9-14(17)7-12/h6-7,9,11,15,20H,2-5,8,10H2,1H3,(H2,18,19). The number of halogens is 1. The van der Waals surface area contributed by atoms with Crippen LogP contribution < -0.4 is 5.73 Å². The highest BCUT2D eigenvalue weighted by molar-refractivity contribution is 5.97. The molecule has 0 bridgehead atoms. The molecule has 2 atom stereocenters. The van der Waals surface area contributed by atoms with Gasteiger partial charge in [-0.3, -0.25) is 0 Å².